The second-order valence-corrected chi connectivity index (χ2v) is 6.56. The predicted molar refractivity (Wildman–Crippen MR) is 82.2 cm³/mol. The Hall–Kier alpha value is -1.39. The number of hydrogen-bond acceptors (Lipinski definition) is 4. The van der Waals surface area contributed by atoms with Crippen LogP contribution in [0.1, 0.15) is 31.9 Å². The molecule has 0 radical (unpaired) electrons. The molecular weight excluding hydrogens is 266 g/mol. The second kappa shape index (κ2) is 6.58. The van der Waals surface area contributed by atoms with Gasteiger partial charge in [0.25, 0.3) is 0 Å². The molecule has 1 aromatic carbocycles. The monoisotopic (exact) mass is 291 g/mol. The Kier molecular flexibility index (Phi) is 5.01. The molecule has 0 aliphatic carbocycles. The van der Waals surface area contributed by atoms with Gasteiger partial charge in [-0.2, -0.15) is 0 Å². The van der Waals surface area contributed by atoms with Gasteiger partial charge in [0, 0.05) is 19.6 Å². The van der Waals surface area contributed by atoms with Crippen molar-refractivity contribution in [2.45, 2.75) is 38.8 Å². The molecule has 1 saturated heterocycles. The van der Waals surface area contributed by atoms with Crippen LogP contribution in [0.25, 0.3) is 0 Å². The maximum atomic E-state index is 11.5. The van der Waals surface area contributed by atoms with Gasteiger partial charge < -0.3 is 9.47 Å². The molecule has 1 fully saturated rings. The van der Waals surface area contributed by atoms with Crippen molar-refractivity contribution in [2.75, 3.05) is 26.8 Å². The Labute approximate surface area is 127 Å². The number of carbonyl (C=O) groups excluding carboxylic acids is 1. The fourth-order valence-electron chi connectivity index (χ4n) is 2.49. The van der Waals surface area contributed by atoms with Gasteiger partial charge in [-0.05, 0) is 16.5 Å². The summed E-state index contributed by atoms with van der Waals surface area (Å²) in [4.78, 5) is 13.8. The minimum Gasteiger partial charge on any atom is -0.467 e. The molecule has 4 nitrogen and oxygen atoms in total. The van der Waals surface area contributed by atoms with Gasteiger partial charge in [0.15, 0.2) is 6.10 Å². The number of rotatable bonds is 3. The lowest BCUT2D eigenvalue weighted by Gasteiger charge is -2.31. The van der Waals surface area contributed by atoms with Gasteiger partial charge in [-0.15, -0.1) is 0 Å². The third kappa shape index (κ3) is 4.29. The van der Waals surface area contributed by atoms with E-state index in [0.29, 0.717) is 13.2 Å². The summed E-state index contributed by atoms with van der Waals surface area (Å²) < 4.78 is 10.2. The topological polar surface area (TPSA) is 38.8 Å². The van der Waals surface area contributed by atoms with Crippen LogP contribution in [0.3, 0.4) is 0 Å². The van der Waals surface area contributed by atoms with E-state index in [1.54, 1.807) is 0 Å². The standard InChI is InChI=1S/C17H25NO3/c1-17(2,3)14-7-5-13(6-8-14)11-18-9-10-21-15(12-18)16(19)20-4/h5-8,15H,9-12H2,1-4H3. The smallest absolute Gasteiger partial charge is 0.336 e. The fraction of sp³-hybridized carbons (Fsp3) is 0.588. The normalized spacial score (nSPS) is 20.3. The first kappa shape index (κ1) is 16.0. The fourth-order valence-corrected chi connectivity index (χ4v) is 2.49. The van der Waals surface area contributed by atoms with Crippen LogP contribution in [0, 0.1) is 0 Å². The van der Waals surface area contributed by atoms with Crippen molar-refractivity contribution in [3.8, 4) is 0 Å². The molecule has 21 heavy (non-hydrogen) atoms. The molecule has 0 amide bonds. The van der Waals surface area contributed by atoms with Crippen LogP contribution in [-0.4, -0.2) is 43.8 Å². The molecule has 1 aliphatic rings. The van der Waals surface area contributed by atoms with E-state index in [1.165, 1.54) is 18.2 Å². The number of nitrogens with zero attached hydrogens (tertiary/aromatic N) is 1. The van der Waals surface area contributed by atoms with Crippen LogP contribution in [0.5, 0.6) is 0 Å². The number of methoxy groups -OCH3 is 1. The van der Waals surface area contributed by atoms with Gasteiger partial charge in [0.2, 0.25) is 0 Å². The molecule has 0 aromatic heterocycles. The second-order valence-electron chi connectivity index (χ2n) is 6.56. The molecule has 116 valence electrons. The average molecular weight is 291 g/mol. The first-order chi connectivity index (χ1) is 9.90. The van der Waals surface area contributed by atoms with Crippen LogP contribution in [0.15, 0.2) is 24.3 Å². The third-order valence-corrected chi connectivity index (χ3v) is 3.84. The van der Waals surface area contributed by atoms with Gasteiger partial charge in [0.1, 0.15) is 0 Å². The Morgan fingerprint density at radius 3 is 2.57 bits per heavy atom. The van der Waals surface area contributed by atoms with Crippen molar-refractivity contribution < 1.29 is 14.3 Å². The summed E-state index contributed by atoms with van der Waals surface area (Å²) in [5.41, 5.74) is 2.77. The lowest BCUT2D eigenvalue weighted by atomic mass is 9.87. The van der Waals surface area contributed by atoms with E-state index in [4.69, 9.17) is 9.47 Å². The molecule has 1 aromatic rings. The minimum absolute atomic E-state index is 0.174. The lowest BCUT2D eigenvalue weighted by molar-refractivity contribution is -0.160. The van der Waals surface area contributed by atoms with Crippen LogP contribution >= 0.6 is 0 Å². The summed E-state index contributed by atoms with van der Waals surface area (Å²) in [7, 11) is 1.40. The van der Waals surface area contributed by atoms with E-state index >= 15 is 0 Å². The third-order valence-electron chi connectivity index (χ3n) is 3.84. The Bertz CT molecular complexity index is 476. The van der Waals surface area contributed by atoms with E-state index in [2.05, 4.69) is 49.9 Å². The number of morpholine rings is 1. The van der Waals surface area contributed by atoms with Crippen molar-refractivity contribution >= 4 is 5.97 Å². The van der Waals surface area contributed by atoms with Gasteiger partial charge in [-0.25, -0.2) is 4.79 Å². The van der Waals surface area contributed by atoms with Crippen LogP contribution in [0.2, 0.25) is 0 Å². The highest BCUT2D eigenvalue weighted by Crippen LogP contribution is 2.22. The van der Waals surface area contributed by atoms with E-state index < -0.39 is 6.10 Å². The van der Waals surface area contributed by atoms with Crippen molar-refractivity contribution in [1.82, 2.24) is 4.90 Å². The zero-order valence-corrected chi connectivity index (χ0v) is 13.4. The quantitative estimate of drug-likeness (QED) is 0.801. The Morgan fingerprint density at radius 2 is 2.00 bits per heavy atom. The van der Waals surface area contributed by atoms with Crippen molar-refractivity contribution in [2.24, 2.45) is 0 Å². The summed E-state index contributed by atoms with van der Waals surface area (Å²) in [5.74, 6) is -0.289. The van der Waals surface area contributed by atoms with E-state index in [1.807, 2.05) is 0 Å². The summed E-state index contributed by atoms with van der Waals surface area (Å²) in [6.07, 6.45) is -0.461. The number of hydrogen-bond donors (Lipinski definition) is 0. The highest BCUT2D eigenvalue weighted by Gasteiger charge is 2.27. The maximum absolute atomic E-state index is 11.5. The molecule has 0 spiro atoms. The largest absolute Gasteiger partial charge is 0.467 e. The molecule has 0 saturated carbocycles. The molecule has 2 rings (SSSR count). The number of carbonyl (C=O) groups is 1. The molecule has 1 aliphatic heterocycles. The predicted octanol–water partition coefficient (Wildman–Crippen LogP) is 2.36. The zero-order valence-electron chi connectivity index (χ0n) is 13.4. The maximum Gasteiger partial charge on any atom is 0.336 e. The lowest BCUT2D eigenvalue weighted by Crippen LogP contribution is -2.46. The van der Waals surface area contributed by atoms with Gasteiger partial charge in [0.05, 0.1) is 13.7 Å². The number of ether oxygens (including phenoxy) is 2. The molecule has 1 atom stereocenters. The Morgan fingerprint density at radius 1 is 1.33 bits per heavy atom. The minimum atomic E-state index is -0.461. The summed E-state index contributed by atoms with van der Waals surface area (Å²) in [6, 6.07) is 8.72. The average Bonchev–Trinajstić information content (AvgIpc) is 2.46. The first-order valence-corrected chi connectivity index (χ1v) is 7.41. The summed E-state index contributed by atoms with van der Waals surface area (Å²) in [6.45, 7) is 9.48. The van der Waals surface area contributed by atoms with E-state index in [0.717, 1.165) is 13.1 Å². The Balaban J connectivity index is 1.96. The molecule has 0 N–H and O–H groups in total. The number of benzene rings is 1. The first-order valence-electron chi connectivity index (χ1n) is 7.41. The molecule has 0 bridgehead atoms. The van der Waals surface area contributed by atoms with Crippen LogP contribution in [-0.2, 0) is 26.2 Å². The zero-order chi connectivity index (χ0) is 15.5. The molecular formula is C17H25NO3. The van der Waals surface area contributed by atoms with Gasteiger partial charge >= 0.3 is 5.97 Å². The van der Waals surface area contributed by atoms with Crippen molar-refractivity contribution in [1.29, 1.82) is 0 Å². The highest BCUT2D eigenvalue weighted by molar-refractivity contribution is 5.74. The molecule has 1 heterocycles. The van der Waals surface area contributed by atoms with Crippen molar-refractivity contribution in [3.63, 3.8) is 0 Å². The van der Waals surface area contributed by atoms with Crippen LogP contribution in [0.4, 0.5) is 0 Å². The van der Waals surface area contributed by atoms with Gasteiger partial charge in [-0.1, -0.05) is 45.0 Å². The van der Waals surface area contributed by atoms with Gasteiger partial charge in [-0.3, -0.25) is 4.90 Å². The summed E-state index contributed by atoms with van der Waals surface area (Å²) >= 11 is 0. The molecule has 1 unspecified atom stereocenters. The van der Waals surface area contributed by atoms with Crippen LogP contribution < -0.4 is 0 Å². The highest BCUT2D eigenvalue weighted by atomic mass is 16.6. The summed E-state index contributed by atoms with van der Waals surface area (Å²) in [5, 5.41) is 0. The molecule has 4 heteroatoms. The van der Waals surface area contributed by atoms with E-state index in [9.17, 15) is 4.79 Å². The number of esters is 1. The SMILES string of the molecule is COC(=O)C1CN(Cc2ccc(C(C)(C)C)cc2)CCO1. The van der Waals surface area contributed by atoms with Crippen molar-refractivity contribution in [3.05, 3.63) is 35.4 Å². The van der Waals surface area contributed by atoms with E-state index in [-0.39, 0.29) is 11.4 Å².